The third kappa shape index (κ3) is 13.6. The molecule has 0 saturated heterocycles. The minimum Gasteiger partial charge on any atom is -0.456 e. The van der Waals surface area contributed by atoms with Crippen LogP contribution in [-0.4, -0.2) is 23.0 Å². The molecular weight excluding hydrogens is 1680 g/mol. The van der Waals surface area contributed by atoms with E-state index in [0.717, 1.165) is 88.4 Å². The summed E-state index contributed by atoms with van der Waals surface area (Å²) >= 11 is 1.89. The van der Waals surface area contributed by atoms with Crippen molar-refractivity contribution < 1.29 is 8.83 Å². The van der Waals surface area contributed by atoms with Crippen LogP contribution in [0.1, 0.15) is 47.5 Å². The Bertz CT molecular complexity index is 8770. The van der Waals surface area contributed by atoms with E-state index >= 15 is 0 Å². The van der Waals surface area contributed by atoms with Gasteiger partial charge in [-0.25, -0.2) is 15.0 Å². The molecule has 5 nitrogen and oxygen atoms in total. The maximum Gasteiger partial charge on any atom is 0.179 e. The summed E-state index contributed by atoms with van der Waals surface area (Å²) in [4.78, 5) is 15.9. The summed E-state index contributed by atoms with van der Waals surface area (Å²) in [6.07, 6.45) is 0. The van der Waals surface area contributed by atoms with Gasteiger partial charge in [-0.15, -0.1) is 11.3 Å². The Morgan fingerprint density at radius 3 is 1.36 bits per heavy atom. The predicted molar refractivity (Wildman–Crippen MR) is 572 cm³/mol. The van der Waals surface area contributed by atoms with Crippen LogP contribution in [0.25, 0.3) is 186 Å². The quantitative estimate of drug-likeness (QED) is 0.0850. The normalized spacial score (nSPS) is 13.5. The van der Waals surface area contributed by atoms with Crippen LogP contribution in [-0.2, 0) is 10.8 Å². The molecule has 0 saturated carbocycles. The van der Waals surface area contributed by atoms with Crippen LogP contribution in [0.4, 0.5) is 0 Å². The average molecular weight is 1770 g/mol. The van der Waals surface area contributed by atoms with Crippen molar-refractivity contribution in [2.24, 2.45) is 0 Å². The molecule has 7 heteroatoms. The van der Waals surface area contributed by atoms with Crippen LogP contribution in [0.2, 0.25) is 0 Å². The fourth-order valence-electron chi connectivity index (χ4n) is 21.8. The zero-order valence-electron chi connectivity index (χ0n) is 74.8. The zero-order chi connectivity index (χ0) is 90.4. The fraction of sp³-hybridized carbons (Fsp3) is 0.0310. The molecule has 640 valence electrons. The molecule has 1 atom stereocenters. The van der Waals surface area contributed by atoms with Crippen LogP contribution in [0, 0.1) is 0 Å². The van der Waals surface area contributed by atoms with Gasteiger partial charge < -0.3 is 8.83 Å². The maximum atomic E-state index is 6.54. The van der Waals surface area contributed by atoms with Crippen molar-refractivity contribution in [1.29, 1.82) is 0 Å². The van der Waals surface area contributed by atoms with E-state index in [1.807, 2.05) is 72.0 Å². The Labute approximate surface area is 794 Å². The molecule has 1 unspecified atom stereocenters. The third-order valence-corrected chi connectivity index (χ3v) is 34.3. The summed E-state index contributed by atoms with van der Waals surface area (Å²) in [7, 11) is -2.55. The van der Waals surface area contributed by atoms with E-state index < -0.39 is 13.5 Å². The van der Waals surface area contributed by atoms with Crippen molar-refractivity contribution in [3.05, 3.63) is 525 Å². The molecule has 0 amide bonds. The number of para-hydroxylation sites is 3. The van der Waals surface area contributed by atoms with Crippen LogP contribution in [0.5, 0.6) is 0 Å². The van der Waals surface area contributed by atoms with Gasteiger partial charge >= 0.3 is 0 Å². The third-order valence-electron chi connectivity index (χ3n) is 28.3. The lowest BCUT2D eigenvalue weighted by atomic mass is 9.71. The number of hydrogen-bond donors (Lipinski definition) is 0. The van der Waals surface area contributed by atoms with E-state index in [9.17, 15) is 0 Å². The molecule has 0 N–H and O–H groups in total. The molecule has 0 spiro atoms. The van der Waals surface area contributed by atoms with Crippen molar-refractivity contribution in [2.45, 2.75) is 24.7 Å². The zero-order valence-corrected chi connectivity index (χ0v) is 76.6. The number of nitrogens with zero attached hydrogens (tertiary/aromatic N) is 3. The summed E-state index contributed by atoms with van der Waals surface area (Å²) in [5.41, 5.74) is 28.0. The number of fused-ring (bicyclic) bond motifs is 18. The van der Waals surface area contributed by atoms with Crippen LogP contribution >= 0.6 is 11.3 Å². The van der Waals surface area contributed by atoms with Crippen molar-refractivity contribution in [1.82, 2.24) is 15.0 Å². The number of thiophene rings is 1. The molecule has 0 fully saturated rings. The van der Waals surface area contributed by atoms with E-state index in [0.29, 0.717) is 17.5 Å². The Hall–Kier alpha value is -16.8. The SMILES string of the molecule is CC1(C)c2cc(-c3ccc(-c4cccc5c4sc4ccccc45)cc3)ccc2-c2c1cc(-c1ccccc1)c1ccccc21.c1ccc(-c2nc(-c3ccccc3)nc(C3(c4ccccc4)c4ccccc4-c4ccc(-c5cccc6c5oc5ccccc56)cc43)n2)cc1.c1ccc([Si](c2ccccc2)(c2ccccc2)c2ccc3cc(-c4ccc5oc6ccccc6c5c4)ccc3c2)cc1. The number of aromatic nitrogens is 3. The van der Waals surface area contributed by atoms with E-state index in [1.54, 1.807) is 0 Å². The highest BCUT2D eigenvalue weighted by molar-refractivity contribution is 7.26. The highest BCUT2D eigenvalue weighted by Crippen LogP contribution is 2.58. The highest BCUT2D eigenvalue weighted by Gasteiger charge is 2.50. The minimum absolute atomic E-state index is 0.106. The summed E-state index contributed by atoms with van der Waals surface area (Å²) < 4.78 is 15.3. The predicted octanol–water partition coefficient (Wildman–Crippen LogP) is 31.4. The number of benzene rings is 21. The highest BCUT2D eigenvalue weighted by atomic mass is 32.1. The molecule has 4 aromatic heterocycles. The first-order chi connectivity index (χ1) is 67.2. The lowest BCUT2D eigenvalue weighted by Gasteiger charge is -2.34. The first-order valence-corrected chi connectivity index (χ1v) is 49.5. The van der Waals surface area contributed by atoms with E-state index in [1.165, 1.54) is 135 Å². The topological polar surface area (TPSA) is 65.0 Å². The number of rotatable bonds is 13. The van der Waals surface area contributed by atoms with Gasteiger partial charge in [-0.1, -0.05) is 451 Å². The van der Waals surface area contributed by atoms with Crippen LogP contribution < -0.4 is 20.7 Å². The van der Waals surface area contributed by atoms with Gasteiger partial charge in [0.05, 0.1) is 0 Å². The first-order valence-electron chi connectivity index (χ1n) is 46.7. The van der Waals surface area contributed by atoms with Gasteiger partial charge in [-0.3, -0.25) is 0 Å². The second kappa shape index (κ2) is 33.5. The Morgan fingerprint density at radius 2 is 0.684 bits per heavy atom. The lowest BCUT2D eigenvalue weighted by molar-refractivity contribution is 0.661. The van der Waals surface area contributed by atoms with E-state index in [-0.39, 0.29) is 5.41 Å². The maximum absolute atomic E-state index is 6.54. The van der Waals surface area contributed by atoms with Crippen molar-refractivity contribution in [2.75, 3.05) is 0 Å². The molecule has 2 aliphatic carbocycles. The van der Waals surface area contributed by atoms with Crippen LogP contribution in [0.3, 0.4) is 0 Å². The molecule has 27 rings (SSSR count). The molecular formula is C129H87N3O2SSi. The van der Waals surface area contributed by atoms with Gasteiger partial charge in [0.2, 0.25) is 0 Å². The van der Waals surface area contributed by atoms with Gasteiger partial charge in [0.25, 0.3) is 0 Å². The number of furan rings is 2. The second-order valence-electron chi connectivity index (χ2n) is 36.2. The Kier molecular flexibility index (Phi) is 20.0. The van der Waals surface area contributed by atoms with E-state index in [2.05, 4.69) is 445 Å². The first kappa shape index (κ1) is 81.2. The molecule has 21 aromatic carbocycles. The van der Waals surface area contributed by atoms with Gasteiger partial charge in [0.1, 0.15) is 27.7 Å². The van der Waals surface area contributed by atoms with Gasteiger partial charge in [-0.2, -0.15) is 0 Å². The van der Waals surface area contributed by atoms with Crippen LogP contribution in [0.15, 0.2) is 500 Å². The Morgan fingerprint density at radius 1 is 0.235 bits per heavy atom. The van der Waals surface area contributed by atoms with Gasteiger partial charge in [-0.05, 0) is 197 Å². The van der Waals surface area contributed by atoms with Gasteiger partial charge in [0, 0.05) is 63.8 Å². The summed E-state index contributed by atoms with van der Waals surface area (Å²) in [5.74, 6) is 1.96. The second-order valence-corrected chi connectivity index (χ2v) is 41.0. The Balaban J connectivity index is 0.000000109. The van der Waals surface area contributed by atoms with Crippen molar-refractivity contribution >= 4 is 126 Å². The molecule has 136 heavy (non-hydrogen) atoms. The standard InChI is InChI=1S/C46H29N3O.C43H30S.C40H28OSi/c1-4-15-30(16-5-1)43-47-44(31-17-6-2-7-18-31)49-45(48-43)46(33-19-8-3-9-20-33)39-25-12-10-21-35(39)36-28-27-32(29-40(36)46)34-23-14-24-38-37-22-11-13-26-41(37)50-42(34)38;1-43(2)38-25-30(27-19-21-29(22-20-27)31-16-10-17-35-33-14-8-9-18-40(33)44-42(31)35)23-24-36(38)41-34-15-7-6-13-32(34)37(26-39(41)43)28-11-4-3-5-12-28;1-4-12-33(13-5-1)42(34-14-6-2-7-15-34,35-16-8-3-9-17-35)36-24-22-30-26-29(20-21-31(30)27-36)32-23-25-40-38(28-32)37-18-10-11-19-39(37)41-40/h1-29H;3-26H,1-2H3;1-28H. The molecule has 4 heterocycles. The molecule has 0 radical (unpaired) electrons. The summed E-state index contributed by atoms with van der Waals surface area (Å²) in [6.45, 7) is 4.78. The lowest BCUT2D eigenvalue weighted by Crippen LogP contribution is -2.74. The molecule has 0 aliphatic heterocycles. The fourth-order valence-corrected chi connectivity index (χ4v) is 27.9. The molecule has 25 aromatic rings. The minimum atomic E-state index is -2.55. The number of hydrogen-bond acceptors (Lipinski definition) is 6. The van der Waals surface area contributed by atoms with Gasteiger partial charge in [0.15, 0.2) is 25.5 Å². The summed E-state index contributed by atoms with van der Waals surface area (Å²) in [5, 5.41) is 17.9. The molecule has 2 aliphatic rings. The van der Waals surface area contributed by atoms with Crippen molar-refractivity contribution in [3.63, 3.8) is 0 Å². The average Bonchev–Trinajstić information content (AvgIpc) is 1.50. The summed E-state index contributed by atoms with van der Waals surface area (Å²) in [6, 6.07) is 177. The largest absolute Gasteiger partial charge is 0.456 e. The monoisotopic (exact) mass is 1770 g/mol. The van der Waals surface area contributed by atoms with E-state index in [4.69, 9.17) is 23.8 Å². The van der Waals surface area contributed by atoms with Crippen molar-refractivity contribution in [3.8, 4) is 101 Å². The molecule has 0 bridgehead atoms. The smallest absolute Gasteiger partial charge is 0.179 e.